The van der Waals surface area contributed by atoms with Crippen LogP contribution in [-0.4, -0.2) is 17.8 Å². The van der Waals surface area contributed by atoms with Crippen molar-refractivity contribution in [1.82, 2.24) is 5.32 Å². The van der Waals surface area contributed by atoms with Crippen LogP contribution < -0.4 is 10.1 Å². The zero-order valence-electron chi connectivity index (χ0n) is 9.12. The van der Waals surface area contributed by atoms with Crippen molar-refractivity contribution in [1.29, 1.82) is 0 Å². The zero-order valence-corrected chi connectivity index (χ0v) is 10.7. The molecule has 0 saturated carbocycles. The average molecular weight is 308 g/mol. The summed E-state index contributed by atoms with van der Waals surface area (Å²) in [7, 11) is 0. The van der Waals surface area contributed by atoms with Gasteiger partial charge in [0.2, 0.25) is 5.91 Å². The first-order chi connectivity index (χ1) is 8.04. The summed E-state index contributed by atoms with van der Waals surface area (Å²) in [6.45, 7) is -1.18. The molecule has 94 valence electrons. The van der Waals surface area contributed by atoms with E-state index in [0.717, 1.165) is 0 Å². The van der Waals surface area contributed by atoms with Gasteiger partial charge in [0.15, 0.2) is 0 Å². The van der Waals surface area contributed by atoms with E-state index in [1.54, 1.807) is 25.1 Å². The van der Waals surface area contributed by atoms with Crippen molar-refractivity contribution in [2.45, 2.75) is 19.6 Å². The van der Waals surface area contributed by atoms with Crippen molar-refractivity contribution in [2.75, 3.05) is 5.33 Å². The van der Waals surface area contributed by atoms with Gasteiger partial charge in [-0.3, -0.25) is 4.79 Å². The van der Waals surface area contributed by atoms with Crippen LogP contribution in [0.3, 0.4) is 0 Å². The summed E-state index contributed by atoms with van der Waals surface area (Å²) in [5, 5.41) is 2.81. The highest BCUT2D eigenvalue weighted by Gasteiger charge is 2.15. The number of carbonyl (C=O) groups is 1. The molecule has 0 heterocycles. The Morgan fingerprint density at radius 1 is 1.47 bits per heavy atom. The third-order valence-corrected chi connectivity index (χ3v) is 2.61. The Kier molecular flexibility index (Phi) is 5.34. The maximum Gasteiger partial charge on any atom is 0.387 e. The fourth-order valence-corrected chi connectivity index (χ4v) is 1.56. The summed E-state index contributed by atoms with van der Waals surface area (Å²) in [4.78, 5) is 11.2. The van der Waals surface area contributed by atoms with Crippen LogP contribution in [0.2, 0.25) is 0 Å². The van der Waals surface area contributed by atoms with E-state index >= 15 is 0 Å². The molecule has 1 aromatic rings. The summed E-state index contributed by atoms with van der Waals surface area (Å²) >= 11 is 3.01. The summed E-state index contributed by atoms with van der Waals surface area (Å²) in [5.74, 6) is -0.144. The molecule has 0 fully saturated rings. The van der Waals surface area contributed by atoms with Crippen molar-refractivity contribution in [3.8, 4) is 5.75 Å². The van der Waals surface area contributed by atoms with Gasteiger partial charge in [-0.05, 0) is 13.0 Å². The molecule has 1 N–H and O–H groups in total. The number of benzene rings is 1. The number of hydrogen-bond donors (Lipinski definition) is 1. The Bertz CT molecular complexity index is 387. The molecular weight excluding hydrogens is 296 g/mol. The summed E-state index contributed by atoms with van der Waals surface area (Å²) in [6, 6.07) is 5.98. The first-order valence-electron chi connectivity index (χ1n) is 4.93. The van der Waals surface area contributed by atoms with Crippen LogP contribution in [-0.2, 0) is 4.79 Å². The Hall–Kier alpha value is -1.17. The first-order valence-corrected chi connectivity index (χ1v) is 6.05. The van der Waals surface area contributed by atoms with Crippen LogP contribution in [0.1, 0.15) is 18.5 Å². The first kappa shape index (κ1) is 13.9. The second kappa shape index (κ2) is 6.54. The fraction of sp³-hybridized carbons (Fsp3) is 0.364. The summed E-state index contributed by atoms with van der Waals surface area (Å²) in [6.07, 6.45) is 0. The van der Waals surface area contributed by atoms with E-state index < -0.39 is 12.7 Å². The molecule has 1 atom stereocenters. The lowest BCUT2D eigenvalue weighted by molar-refractivity contribution is -0.119. The van der Waals surface area contributed by atoms with Crippen LogP contribution in [0.5, 0.6) is 5.75 Å². The summed E-state index contributed by atoms with van der Waals surface area (Å²) < 4.78 is 28.7. The van der Waals surface area contributed by atoms with Crippen molar-refractivity contribution in [3.63, 3.8) is 0 Å². The van der Waals surface area contributed by atoms with Gasteiger partial charge in [0, 0.05) is 5.56 Å². The van der Waals surface area contributed by atoms with E-state index in [1.165, 1.54) is 6.07 Å². The molecule has 1 unspecified atom stereocenters. The van der Waals surface area contributed by atoms with Gasteiger partial charge in [-0.15, -0.1) is 0 Å². The number of ether oxygens (including phenoxy) is 1. The van der Waals surface area contributed by atoms with Crippen LogP contribution in [0.4, 0.5) is 8.78 Å². The van der Waals surface area contributed by atoms with Gasteiger partial charge in [-0.2, -0.15) is 8.78 Å². The van der Waals surface area contributed by atoms with Gasteiger partial charge < -0.3 is 10.1 Å². The van der Waals surface area contributed by atoms with Gasteiger partial charge >= 0.3 is 6.61 Å². The lowest BCUT2D eigenvalue weighted by atomic mass is 10.1. The van der Waals surface area contributed by atoms with Gasteiger partial charge in [0.25, 0.3) is 0 Å². The Balaban J connectivity index is 2.84. The maximum absolute atomic E-state index is 12.2. The molecule has 0 saturated heterocycles. The molecule has 0 aliphatic rings. The van der Waals surface area contributed by atoms with Crippen molar-refractivity contribution in [3.05, 3.63) is 29.8 Å². The third kappa shape index (κ3) is 4.30. The van der Waals surface area contributed by atoms with E-state index in [2.05, 4.69) is 26.0 Å². The average Bonchev–Trinajstić information content (AvgIpc) is 2.28. The van der Waals surface area contributed by atoms with E-state index in [-0.39, 0.29) is 17.0 Å². The van der Waals surface area contributed by atoms with E-state index in [4.69, 9.17) is 0 Å². The van der Waals surface area contributed by atoms with Crippen molar-refractivity contribution < 1.29 is 18.3 Å². The molecule has 0 aliphatic carbocycles. The molecule has 0 bridgehead atoms. The topological polar surface area (TPSA) is 38.3 Å². The zero-order chi connectivity index (χ0) is 12.8. The van der Waals surface area contributed by atoms with Gasteiger partial charge in [0.05, 0.1) is 11.4 Å². The second-order valence-electron chi connectivity index (χ2n) is 3.34. The molecule has 1 rings (SSSR count). The Morgan fingerprint density at radius 3 is 2.71 bits per heavy atom. The SMILES string of the molecule is CC(NC(=O)CBr)c1ccccc1OC(F)F. The molecular formula is C11H12BrF2NO2. The van der Waals surface area contributed by atoms with Gasteiger partial charge in [-0.25, -0.2) is 0 Å². The molecule has 0 aliphatic heterocycles. The number of alkyl halides is 3. The van der Waals surface area contributed by atoms with Gasteiger partial charge in [-0.1, -0.05) is 34.1 Å². The second-order valence-corrected chi connectivity index (χ2v) is 3.90. The Labute approximate surface area is 106 Å². The van der Waals surface area contributed by atoms with Gasteiger partial charge in [0.1, 0.15) is 5.75 Å². The van der Waals surface area contributed by atoms with E-state index in [9.17, 15) is 13.6 Å². The number of halogens is 3. The normalized spacial score (nSPS) is 12.3. The number of hydrogen-bond acceptors (Lipinski definition) is 2. The lowest BCUT2D eigenvalue weighted by Crippen LogP contribution is -2.27. The maximum atomic E-state index is 12.2. The predicted molar refractivity (Wildman–Crippen MR) is 63.4 cm³/mol. The highest BCUT2D eigenvalue weighted by molar-refractivity contribution is 9.09. The molecule has 3 nitrogen and oxygen atoms in total. The molecule has 17 heavy (non-hydrogen) atoms. The minimum absolute atomic E-state index is 0.0740. The molecule has 0 aromatic heterocycles. The van der Waals surface area contributed by atoms with E-state index in [1.807, 2.05) is 0 Å². The smallest absolute Gasteiger partial charge is 0.387 e. The van der Waals surface area contributed by atoms with Crippen LogP contribution in [0.25, 0.3) is 0 Å². The monoisotopic (exact) mass is 307 g/mol. The molecule has 0 spiro atoms. The summed E-state index contributed by atoms with van der Waals surface area (Å²) in [5.41, 5.74) is 0.516. The van der Waals surface area contributed by atoms with Crippen molar-refractivity contribution in [2.24, 2.45) is 0 Å². The quantitative estimate of drug-likeness (QED) is 0.850. The highest BCUT2D eigenvalue weighted by Crippen LogP contribution is 2.26. The molecule has 6 heteroatoms. The van der Waals surface area contributed by atoms with E-state index in [0.29, 0.717) is 5.56 Å². The predicted octanol–water partition coefficient (Wildman–Crippen LogP) is 2.86. The fourth-order valence-electron chi connectivity index (χ4n) is 1.40. The minimum Gasteiger partial charge on any atom is -0.434 e. The van der Waals surface area contributed by atoms with Crippen LogP contribution in [0, 0.1) is 0 Å². The molecule has 1 aromatic carbocycles. The number of rotatable bonds is 5. The third-order valence-electron chi connectivity index (χ3n) is 2.10. The van der Waals surface area contributed by atoms with Crippen LogP contribution >= 0.6 is 15.9 Å². The molecule has 1 amide bonds. The Morgan fingerprint density at radius 2 is 2.12 bits per heavy atom. The largest absolute Gasteiger partial charge is 0.434 e. The number of amides is 1. The number of para-hydroxylation sites is 1. The lowest BCUT2D eigenvalue weighted by Gasteiger charge is -2.17. The standard InChI is InChI=1S/C11H12BrF2NO2/c1-7(15-10(16)6-12)8-4-2-3-5-9(8)17-11(13)14/h2-5,7,11H,6H2,1H3,(H,15,16). The van der Waals surface area contributed by atoms with Crippen LogP contribution in [0.15, 0.2) is 24.3 Å². The number of carbonyl (C=O) groups excluding carboxylic acids is 1. The van der Waals surface area contributed by atoms with Crippen molar-refractivity contribution >= 4 is 21.8 Å². The highest BCUT2D eigenvalue weighted by atomic mass is 79.9. The molecule has 0 radical (unpaired) electrons. The minimum atomic E-state index is -2.88. The number of nitrogens with one attached hydrogen (secondary N) is 1.